The van der Waals surface area contributed by atoms with E-state index in [9.17, 15) is 9.18 Å². The maximum atomic E-state index is 13.8. The Balaban J connectivity index is 1.74. The molecule has 132 valence electrons. The maximum Gasteiger partial charge on any atom is 0.188 e. The number of aromatic nitrogens is 2. The molecule has 1 aromatic heterocycles. The zero-order valence-electron chi connectivity index (χ0n) is 14.4. The van der Waals surface area contributed by atoms with Crippen LogP contribution in [0.3, 0.4) is 0 Å². The van der Waals surface area contributed by atoms with Crippen molar-refractivity contribution in [2.75, 3.05) is 12.9 Å². The number of aryl methyl sites for hydroxylation is 1. The molecule has 3 rings (SSSR count). The molecule has 0 saturated carbocycles. The second kappa shape index (κ2) is 8.10. The average Bonchev–Trinajstić information content (AvgIpc) is 2.66. The van der Waals surface area contributed by atoms with Crippen molar-refractivity contribution in [3.05, 3.63) is 71.7 Å². The summed E-state index contributed by atoms with van der Waals surface area (Å²) in [6.45, 7) is 1.89. The highest BCUT2D eigenvalue weighted by molar-refractivity contribution is 7.99. The summed E-state index contributed by atoms with van der Waals surface area (Å²) >= 11 is 1.24. The highest BCUT2D eigenvalue weighted by atomic mass is 32.2. The van der Waals surface area contributed by atoms with E-state index in [1.54, 1.807) is 6.07 Å². The lowest BCUT2D eigenvalue weighted by atomic mass is 10.1. The molecule has 0 aliphatic heterocycles. The smallest absolute Gasteiger partial charge is 0.188 e. The average molecular weight is 368 g/mol. The summed E-state index contributed by atoms with van der Waals surface area (Å²) in [7, 11) is 1.38. The van der Waals surface area contributed by atoms with Gasteiger partial charge in [-0.2, -0.15) is 0 Å². The van der Waals surface area contributed by atoms with Crippen LogP contribution in [0.15, 0.2) is 59.8 Å². The first-order valence-electron chi connectivity index (χ1n) is 7.97. The van der Waals surface area contributed by atoms with E-state index in [2.05, 4.69) is 9.97 Å². The van der Waals surface area contributed by atoms with Gasteiger partial charge in [-0.25, -0.2) is 14.4 Å². The Morgan fingerprint density at radius 3 is 2.58 bits per heavy atom. The number of methoxy groups -OCH3 is 1. The monoisotopic (exact) mass is 368 g/mol. The number of ether oxygens (including phenoxy) is 1. The number of ketones is 1. The number of hydrogen-bond acceptors (Lipinski definition) is 5. The predicted molar refractivity (Wildman–Crippen MR) is 100 cm³/mol. The lowest BCUT2D eigenvalue weighted by molar-refractivity contribution is 0.102. The third kappa shape index (κ3) is 4.26. The standard InChI is InChI=1S/C20H17FN2O2S/c1-13-10-17(14-6-4-3-5-7-14)23-20(22-13)26-12-18(24)15-8-9-19(25-2)16(21)11-15/h3-11H,12H2,1-2H3. The maximum absolute atomic E-state index is 13.8. The Kier molecular flexibility index (Phi) is 5.63. The number of nitrogens with zero attached hydrogens (tertiary/aromatic N) is 2. The van der Waals surface area contributed by atoms with Crippen molar-refractivity contribution in [2.24, 2.45) is 0 Å². The molecule has 0 bridgehead atoms. The number of rotatable bonds is 6. The summed E-state index contributed by atoms with van der Waals surface area (Å²) in [6.07, 6.45) is 0. The molecular formula is C20H17FN2O2S. The summed E-state index contributed by atoms with van der Waals surface area (Å²) in [5.74, 6) is -0.503. The molecule has 3 aromatic rings. The van der Waals surface area contributed by atoms with Crippen LogP contribution in [0.4, 0.5) is 4.39 Å². The minimum absolute atomic E-state index is 0.115. The third-order valence-electron chi connectivity index (χ3n) is 3.71. The Labute approximate surface area is 155 Å². The van der Waals surface area contributed by atoms with E-state index in [0.717, 1.165) is 17.0 Å². The van der Waals surface area contributed by atoms with Crippen LogP contribution in [0.5, 0.6) is 5.75 Å². The van der Waals surface area contributed by atoms with E-state index in [4.69, 9.17) is 4.74 Å². The number of carbonyl (C=O) groups is 1. The van der Waals surface area contributed by atoms with Crippen LogP contribution in [0.1, 0.15) is 16.1 Å². The van der Waals surface area contributed by atoms with Crippen LogP contribution in [0, 0.1) is 12.7 Å². The first-order valence-corrected chi connectivity index (χ1v) is 8.96. The van der Waals surface area contributed by atoms with Gasteiger partial charge in [-0.15, -0.1) is 0 Å². The normalized spacial score (nSPS) is 10.6. The molecule has 2 aromatic carbocycles. The molecule has 0 fully saturated rings. The third-order valence-corrected chi connectivity index (χ3v) is 4.56. The largest absolute Gasteiger partial charge is 0.494 e. The Bertz CT molecular complexity index is 932. The molecular weight excluding hydrogens is 351 g/mol. The summed E-state index contributed by atoms with van der Waals surface area (Å²) in [5, 5.41) is 0.520. The van der Waals surface area contributed by atoms with Gasteiger partial charge in [0.05, 0.1) is 18.6 Å². The molecule has 4 nitrogen and oxygen atoms in total. The number of Topliss-reactive ketones (excluding diaryl/α,β-unsaturated/α-hetero) is 1. The van der Waals surface area contributed by atoms with Crippen LogP contribution in [-0.2, 0) is 0 Å². The molecule has 0 atom stereocenters. The molecule has 0 N–H and O–H groups in total. The Morgan fingerprint density at radius 1 is 1.12 bits per heavy atom. The SMILES string of the molecule is COc1ccc(C(=O)CSc2nc(C)cc(-c3ccccc3)n2)cc1F. The highest BCUT2D eigenvalue weighted by Gasteiger charge is 2.12. The summed E-state index contributed by atoms with van der Waals surface area (Å²) < 4.78 is 18.6. The number of thioether (sulfide) groups is 1. The zero-order chi connectivity index (χ0) is 18.5. The van der Waals surface area contributed by atoms with Crippen molar-refractivity contribution in [3.8, 4) is 17.0 Å². The van der Waals surface area contributed by atoms with E-state index >= 15 is 0 Å². The fourth-order valence-corrected chi connectivity index (χ4v) is 3.21. The number of benzene rings is 2. The van der Waals surface area contributed by atoms with Crippen molar-refractivity contribution in [3.63, 3.8) is 0 Å². The highest BCUT2D eigenvalue weighted by Crippen LogP contribution is 2.23. The second-order valence-corrected chi connectivity index (χ2v) is 6.55. The van der Waals surface area contributed by atoms with Gasteiger partial charge in [-0.1, -0.05) is 42.1 Å². The van der Waals surface area contributed by atoms with E-state index in [1.807, 2.05) is 43.3 Å². The molecule has 0 amide bonds. The molecule has 0 aliphatic carbocycles. The summed E-state index contributed by atoms with van der Waals surface area (Å²) in [4.78, 5) is 21.2. The van der Waals surface area contributed by atoms with Gasteiger partial charge in [-0.3, -0.25) is 4.79 Å². The molecule has 0 unspecified atom stereocenters. The van der Waals surface area contributed by atoms with Crippen LogP contribution in [-0.4, -0.2) is 28.6 Å². The summed E-state index contributed by atoms with van der Waals surface area (Å²) in [6, 6.07) is 15.9. The van der Waals surface area contributed by atoms with Gasteiger partial charge < -0.3 is 4.74 Å². The molecule has 0 aliphatic rings. The van der Waals surface area contributed by atoms with Crippen LogP contribution in [0.2, 0.25) is 0 Å². The first kappa shape index (κ1) is 18.1. The van der Waals surface area contributed by atoms with Crippen molar-refractivity contribution in [1.82, 2.24) is 9.97 Å². The van der Waals surface area contributed by atoms with Crippen molar-refractivity contribution >= 4 is 17.5 Å². The van der Waals surface area contributed by atoms with Crippen molar-refractivity contribution in [1.29, 1.82) is 0 Å². The quantitative estimate of drug-likeness (QED) is 0.362. The van der Waals surface area contributed by atoms with Gasteiger partial charge in [-0.05, 0) is 31.2 Å². The zero-order valence-corrected chi connectivity index (χ0v) is 15.2. The van der Waals surface area contributed by atoms with Gasteiger partial charge in [0.15, 0.2) is 22.5 Å². The Morgan fingerprint density at radius 2 is 1.88 bits per heavy atom. The molecule has 0 spiro atoms. The topological polar surface area (TPSA) is 52.1 Å². The van der Waals surface area contributed by atoms with Gasteiger partial charge in [0, 0.05) is 16.8 Å². The molecule has 26 heavy (non-hydrogen) atoms. The van der Waals surface area contributed by atoms with Crippen LogP contribution >= 0.6 is 11.8 Å². The number of hydrogen-bond donors (Lipinski definition) is 0. The fraction of sp³-hybridized carbons (Fsp3) is 0.150. The fourth-order valence-electron chi connectivity index (χ4n) is 2.42. The van der Waals surface area contributed by atoms with Crippen molar-refractivity contribution in [2.45, 2.75) is 12.1 Å². The Hall–Kier alpha value is -2.73. The van der Waals surface area contributed by atoms with Gasteiger partial charge in [0.1, 0.15) is 0 Å². The van der Waals surface area contributed by atoms with E-state index < -0.39 is 5.82 Å². The van der Waals surface area contributed by atoms with Crippen LogP contribution < -0.4 is 4.74 Å². The lowest BCUT2D eigenvalue weighted by Gasteiger charge is -2.07. The van der Waals surface area contributed by atoms with Gasteiger partial charge in [0.2, 0.25) is 0 Å². The van der Waals surface area contributed by atoms with Gasteiger partial charge in [0.25, 0.3) is 0 Å². The van der Waals surface area contributed by atoms with Gasteiger partial charge >= 0.3 is 0 Å². The molecule has 0 radical (unpaired) electrons. The van der Waals surface area contributed by atoms with E-state index in [0.29, 0.717) is 10.7 Å². The molecule has 6 heteroatoms. The van der Waals surface area contributed by atoms with E-state index in [-0.39, 0.29) is 17.3 Å². The minimum atomic E-state index is -0.554. The van der Waals surface area contributed by atoms with E-state index in [1.165, 1.54) is 31.0 Å². The lowest BCUT2D eigenvalue weighted by Crippen LogP contribution is -2.05. The first-order chi connectivity index (χ1) is 12.6. The number of carbonyl (C=O) groups excluding carboxylic acids is 1. The second-order valence-electron chi connectivity index (χ2n) is 5.60. The molecule has 0 saturated heterocycles. The minimum Gasteiger partial charge on any atom is -0.494 e. The predicted octanol–water partition coefficient (Wildman–Crippen LogP) is 4.57. The summed E-state index contributed by atoms with van der Waals surface area (Å²) in [5.41, 5.74) is 2.92. The van der Waals surface area contributed by atoms with Crippen molar-refractivity contribution < 1.29 is 13.9 Å². The van der Waals surface area contributed by atoms with Crippen LogP contribution in [0.25, 0.3) is 11.3 Å². The molecule has 1 heterocycles. The number of halogens is 1.